The highest BCUT2D eigenvalue weighted by atomic mass is 16.5. The van der Waals surface area contributed by atoms with E-state index in [1.54, 1.807) is 16.9 Å². The van der Waals surface area contributed by atoms with Gasteiger partial charge in [0, 0.05) is 61.2 Å². The van der Waals surface area contributed by atoms with Crippen LogP contribution in [0.4, 0.5) is 17.1 Å². The van der Waals surface area contributed by atoms with E-state index in [0.717, 1.165) is 72.5 Å². The molecule has 1 N–H and O–H groups in total. The Hall–Kier alpha value is -4.74. The normalized spacial score (nSPS) is 26.5. The lowest BCUT2D eigenvalue weighted by molar-refractivity contribution is -0.150. The van der Waals surface area contributed by atoms with Crippen molar-refractivity contribution in [3.05, 3.63) is 83.4 Å². The number of nitrogens with zero attached hydrogens (tertiary/aromatic N) is 4. The molecule has 11 heteroatoms. The number of fused-ring (bicyclic) bond motifs is 2. The van der Waals surface area contributed by atoms with Gasteiger partial charge < -0.3 is 34.2 Å². The molecular formula is C46H56N4O7. The number of ether oxygens (including phenoxy) is 2. The third-order valence-corrected chi connectivity index (χ3v) is 13.7. The van der Waals surface area contributed by atoms with E-state index in [1.165, 1.54) is 0 Å². The van der Waals surface area contributed by atoms with Gasteiger partial charge in [-0.05, 0) is 97.5 Å². The van der Waals surface area contributed by atoms with Gasteiger partial charge in [-0.3, -0.25) is 19.2 Å². The van der Waals surface area contributed by atoms with Crippen LogP contribution in [-0.4, -0.2) is 79.1 Å². The number of aliphatic hydroxyl groups excluding tert-OH is 1. The quantitative estimate of drug-likeness (QED) is 0.251. The monoisotopic (exact) mass is 776 g/mol. The number of likely N-dealkylation sites (tertiary alicyclic amines) is 1. The van der Waals surface area contributed by atoms with Crippen molar-refractivity contribution in [2.75, 3.05) is 48.1 Å². The zero-order valence-electron chi connectivity index (χ0n) is 33.7. The minimum atomic E-state index is -1.44. The molecule has 0 unspecified atom stereocenters. The zero-order chi connectivity index (χ0) is 40.1. The van der Waals surface area contributed by atoms with E-state index < -0.39 is 23.0 Å². The van der Waals surface area contributed by atoms with Gasteiger partial charge in [0.15, 0.2) is 5.60 Å². The Labute approximate surface area is 335 Å². The summed E-state index contributed by atoms with van der Waals surface area (Å²) < 4.78 is 12.8. The zero-order valence-corrected chi connectivity index (χ0v) is 33.7. The standard InChI is InChI=1S/C46H56N4O7/c1-30-43(45(2,3)32-15-20-36(56-4)21-16-32)39(27-42(54)49-25-9-10-35(49)29-51)57-46(30)37-26-34(48-24-8-6-12-41(48)53)19-22-38(37)50(44(46)55)28-31-13-17-33(18-14-31)47-23-7-5-11-40(47)52/h13-22,26,30,35,39,43,51H,5-12,23-25,27-29H2,1-4H3/t30-,35+,39+,43-,46+/m1/s1. The van der Waals surface area contributed by atoms with Crippen LogP contribution in [0.25, 0.3) is 0 Å². The molecular weight excluding hydrogens is 721 g/mol. The van der Waals surface area contributed by atoms with Crippen LogP contribution < -0.4 is 19.4 Å². The SMILES string of the molecule is COc1ccc(C(C)(C)[C@H]2[C@H](CC(=O)N3CCC[C@H]3CO)O[C@@]3(C(=O)N(Cc4ccc(N5CCCCC5=O)cc4)c4ccc(N5CCCCC5=O)cc43)[C@@H]2C)cc1. The number of aliphatic hydroxyl groups is 1. The number of hydrogen-bond acceptors (Lipinski definition) is 7. The second kappa shape index (κ2) is 15.5. The highest BCUT2D eigenvalue weighted by molar-refractivity contribution is 6.08. The molecule has 0 aromatic heterocycles. The average molecular weight is 777 g/mol. The van der Waals surface area contributed by atoms with Gasteiger partial charge in [0.2, 0.25) is 17.7 Å². The number of methoxy groups -OCH3 is 1. The largest absolute Gasteiger partial charge is 0.497 e. The molecule has 0 radical (unpaired) electrons. The van der Waals surface area contributed by atoms with Crippen LogP contribution in [0.1, 0.15) is 95.2 Å². The number of carbonyl (C=O) groups excluding carboxylic acids is 4. The Morgan fingerprint density at radius 1 is 0.860 bits per heavy atom. The first-order valence-electron chi connectivity index (χ1n) is 20.9. The van der Waals surface area contributed by atoms with Crippen LogP contribution in [0.5, 0.6) is 5.75 Å². The molecule has 57 heavy (non-hydrogen) atoms. The van der Waals surface area contributed by atoms with E-state index in [4.69, 9.17) is 9.47 Å². The summed E-state index contributed by atoms with van der Waals surface area (Å²) >= 11 is 0. The summed E-state index contributed by atoms with van der Waals surface area (Å²) in [6.45, 7) is 8.49. The predicted molar refractivity (Wildman–Crippen MR) is 218 cm³/mol. The predicted octanol–water partition coefficient (Wildman–Crippen LogP) is 6.47. The second-order valence-electron chi connectivity index (χ2n) is 17.2. The first-order chi connectivity index (χ1) is 27.5. The molecule has 5 atom stereocenters. The Kier molecular flexibility index (Phi) is 10.7. The smallest absolute Gasteiger partial charge is 0.264 e. The average Bonchev–Trinajstić information content (AvgIpc) is 3.89. The van der Waals surface area contributed by atoms with E-state index in [2.05, 4.69) is 32.9 Å². The van der Waals surface area contributed by atoms with Crippen molar-refractivity contribution in [1.82, 2.24) is 4.90 Å². The van der Waals surface area contributed by atoms with Gasteiger partial charge in [-0.1, -0.05) is 45.0 Å². The van der Waals surface area contributed by atoms with Crippen LogP contribution in [0, 0.1) is 11.8 Å². The summed E-state index contributed by atoms with van der Waals surface area (Å²) in [5.74, 6) is -0.0227. The fourth-order valence-corrected chi connectivity index (χ4v) is 10.6. The lowest BCUT2D eigenvalue weighted by Gasteiger charge is -2.39. The molecule has 0 saturated carbocycles. The number of amides is 4. The summed E-state index contributed by atoms with van der Waals surface area (Å²) in [4.78, 5) is 62.9. The second-order valence-corrected chi connectivity index (χ2v) is 17.2. The minimum absolute atomic E-state index is 0.0649. The number of piperidine rings is 2. The third kappa shape index (κ3) is 6.80. The van der Waals surface area contributed by atoms with Crippen molar-refractivity contribution in [3.63, 3.8) is 0 Å². The Morgan fingerprint density at radius 2 is 1.51 bits per heavy atom. The lowest BCUT2D eigenvalue weighted by Crippen LogP contribution is -2.46. The van der Waals surface area contributed by atoms with Gasteiger partial charge in [-0.15, -0.1) is 0 Å². The summed E-state index contributed by atoms with van der Waals surface area (Å²) in [6, 6.07) is 21.5. The molecule has 1 spiro atoms. The van der Waals surface area contributed by atoms with Gasteiger partial charge in [-0.25, -0.2) is 0 Å². The fraction of sp³-hybridized carbons (Fsp3) is 0.522. The molecule has 0 aliphatic carbocycles. The third-order valence-electron chi connectivity index (χ3n) is 13.7. The number of rotatable bonds is 10. The van der Waals surface area contributed by atoms with Crippen molar-refractivity contribution in [2.24, 2.45) is 11.8 Å². The lowest BCUT2D eigenvalue weighted by atomic mass is 9.63. The molecule has 11 nitrogen and oxygen atoms in total. The van der Waals surface area contributed by atoms with Crippen molar-refractivity contribution < 1.29 is 33.8 Å². The van der Waals surface area contributed by atoms with Gasteiger partial charge >= 0.3 is 0 Å². The molecule has 4 fully saturated rings. The molecule has 5 heterocycles. The van der Waals surface area contributed by atoms with Crippen LogP contribution in [0.3, 0.4) is 0 Å². The van der Waals surface area contributed by atoms with E-state index >= 15 is 4.79 Å². The topological polar surface area (TPSA) is 120 Å². The fourth-order valence-electron chi connectivity index (χ4n) is 10.6. The van der Waals surface area contributed by atoms with E-state index in [0.29, 0.717) is 38.0 Å². The molecule has 0 bridgehead atoms. The van der Waals surface area contributed by atoms with E-state index in [9.17, 15) is 19.5 Å². The van der Waals surface area contributed by atoms with E-state index in [1.807, 2.05) is 64.4 Å². The van der Waals surface area contributed by atoms with Crippen molar-refractivity contribution in [2.45, 2.75) is 108 Å². The van der Waals surface area contributed by atoms with Crippen LogP contribution in [0.2, 0.25) is 0 Å². The van der Waals surface area contributed by atoms with Crippen LogP contribution in [-0.2, 0) is 41.5 Å². The Bertz CT molecular complexity index is 2020. The summed E-state index contributed by atoms with van der Waals surface area (Å²) in [5.41, 5.74) is 2.99. The molecule has 8 rings (SSSR count). The summed E-state index contributed by atoms with van der Waals surface area (Å²) in [5, 5.41) is 10.1. The van der Waals surface area contributed by atoms with E-state index in [-0.39, 0.29) is 55.2 Å². The number of benzene rings is 3. The van der Waals surface area contributed by atoms with Gasteiger partial charge in [0.25, 0.3) is 5.91 Å². The molecule has 4 amide bonds. The molecule has 3 aromatic carbocycles. The maximum Gasteiger partial charge on any atom is 0.264 e. The minimum Gasteiger partial charge on any atom is -0.497 e. The number of carbonyl (C=O) groups is 4. The molecule has 3 aromatic rings. The Morgan fingerprint density at radius 3 is 2.14 bits per heavy atom. The molecule has 5 aliphatic rings. The first-order valence-corrected chi connectivity index (χ1v) is 20.9. The summed E-state index contributed by atoms with van der Waals surface area (Å²) in [7, 11) is 1.64. The maximum absolute atomic E-state index is 15.5. The number of hydrogen-bond donors (Lipinski definition) is 1. The Balaban J connectivity index is 1.21. The highest BCUT2D eigenvalue weighted by Crippen LogP contribution is 2.60. The van der Waals surface area contributed by atoms with Crippen LogP contribution >= 0.6 is 0 Å². The van der Waals surface area contributed by atoms with Crippen LogP contribution in [0.15, 0.2) is 66.7 Å². The first kappa shape index (κ1) is 39.1. The number of anilines is 3. The van der Waals surface area contributed by atoms with Gasteiger partial charge in [-0.2, -0.15) is 0 Å². The van der Waals surface area contributed by atoms with Crippen molar-refractivity contribution in [3.8, 4) is 5.75 Å². The molecule has 302 valence electrons. The molecule has 5 aliphatic heterocycles. The summed E-state index contributed by atoms with van der Waals surface area (Å²) in [6.07, 6.45) is 5.68. The van der Waals surface area contributed by atoms with Gasteiger partial charge in [0.05, 0.1) is 44.5 Å². The highest BCUT2D eigenvalue weighted by Gasteiger charge is 2.66. The van der Waals surface area contributed by atoms with Gasteiger partial charge in [0.1, 0.15) is 5.75 Å². The maximum atomic E-state index is 15.5. The molecule has 4 saturated heterocycles. The van der Waals surface area contributed by atoms with Crippen molar-refractivity contribution in [1.29, 1.82) is 0 Å². The van der Waals surface area contributed by atoms with Crippen molar-refractivity contribution >= 4 is 40.7 Å².